The van der Waals surface area contributed by atoms with E-state index in [2.05, 4.69) is 5.32 Å². The fourth-order valence-electron chi connectivity index (χ4n) is 4.66. The second kappa shape index (κ2) is 9.10. The van der Waals surface area contributed by atoms with E-state index in [-0.39, 0.29) is 12.5 Å². The lowest BCUT2D eigenvalue weighted by molar-refractivity contribution is -0.904. The predicted octanol–water partition coefficient (Wildman–Crippen LogP) is -0.410. The number of urea groups is 1. The first kappa shape index (κ1) is 22.0. The number of benzene rings is 2. The highest BCUT2D eigenvalue weighted by atomic mass is 16.3. The number of quaternary nitrogens is 1. The molecule has 8 nitrogen and oxygen atoms in total. The average Bonchev–Trinajstić information content (AvgIpc) is 3.11. The van der Waals surface area contributed by atoms with Crippen LogP contribution in [0.15, 0.2) is 60.7 Å². The molecule has 4 rings (SSSR count). The van der Waals surface area contributed by atoms with Gasteiger partial charge in [-0.3, -0.25) is 9.59 Å². The van der Waals surface area contributed by atoms with E-state index in [0.717, 1.165) is 18.0 Å². The summed E-state index contributed by atoms with van der Waals surface area (Å²) < 4.78 is 0. The molecule has 0 radical (unpaired) electrons. The standard InChI is InChI=1S/C24H28N4O4/c1-18(21(30)27-14-12-26(13-15-27)16-17-29)28-22(31)24(25-23(28)32,19-8-4-2-5-9-19)20-10-6-3-7-11-20/h2-11,18,29H,12-17H2,1H3,(H,25,32)/p+1/t18-/m0/s1. The van der Waals surface area contributed by atoms with Gasteiger partial charge < -0.3 is 20.2 Å². The SMILES string of the molecule is C[C@@H](C(=O)N1CC[NH+](CCO)CC1)N1C(=O)NC(c2ccccc2)(c2ccccc2)C1=O. The number of aliphatic hydroxyl groups excluding tert-OH is 1. The summed E-state index contributed by atoms with van der Waals surface area (Å²) in [5.41, 5.74) is -0.0844. The topological polar surface area (TPSA) is 94.4 Å². The Morgan fingerprint density at radius 2 is 1.56 bits per heavy atom. The molecule has 0 spiro atoms. The summed E-state index contributed by atoms with van der Waals surface area (Å²) >= 11 is 0. The third-order valence-corrected chi connectivity index (χ3v) is 6.46. The van der Waals surface area contributed by atoms with Gasteiger partial charge >= 0.3 is 6.03 Å². The van der Waals surface area contributed by atoms with Gasteiger partial charge in [-0.2, -0.15) is 0 Å². The predicted molar refractivity (Wildman–Crippen MR) is 118 cm³/mol. The molecule has 3 N–H and O–H groups in total. The van der Waals surface area contributed by atoms with E-state index in [1.165, 1.54) is 4.90 Å². The summed E-state index contributed by atoms with van der Waals surface area (Å²) in [6.45, 7) is 4.91. The average molecular weight is 438 g/mol. The largest absolute Gasteiger partial charge is 0.391 e. The molecule has 2 aliphatic heterocycles. The summed E-state index contributed by atoms with van der Waals surface area (Å²) in [4.78, 5) is 44.2. The smallest absolute Gasteiger partial charge is 0.326 e. The summed E-state index contributed by atoms with van der Waals surface area (Å²) in [6, 6.07) is 16.7. The first-order chi connectivity index (χ1) is 15.5. The molecule has 4 amide bonds. The summed E-state index contributed by atoms with van der Waals surface area (Å²) in [5.74, 6) is -0.696. The second-order valence-corrected chi connectivity index (χ2v) is 8.31. The molecule has 1 atom stereocenters. The van der Waals surface area contributed by atoms with Gasteiger partial charge in [-0.15, -0.1) is 0 Å². The zero-order valence-corrected chi connectivity index (χ0v) is 18.2. The number of aliphatic hydroxyl groups is 1. The number of nitrogens with one attached hydrogen (secondary N) is 2. The van der Waals surface area contributed by atoms with Crippen LogP contribution in [0.1, 0.15) is 18.1 Å². The van der Waals surface area contributed by atoms with E-state index >= 15 is 0 Å². The Morgan fingerprint density at radius 3 is 2.06 bits per heavy atom. The molecule has 0 aromatic heterocycles. The number of rotatable bonds is 6. The van der Waals surface area contributed by atoms with Crippen LogP contribution in [0.2, 0.25) is 0 Å². The van der Waals surface area contributed by atoms with Crippen LogP contribution in [0.5, 0.6) is 0 Å². The number of carbonyl (C=O) groups is 3. The Kier molecular flexibility index (Phi) is 6.25. The normalized spacial score (nSPS) is 19.7. The summed E-state index contributed by atoms with van der Waals surface area (Å²) in [5, 5.41) is 12.0. The van der Waals surface area contributed by atoms with Crippen LogP contribution < -0.4 is 10.2 Å². The maximum Gasteiger partial charge on any atom is 0.326 e. The zero-order chi connectivity index (χ0) is 22.7. The maximum atomic E-state index is 13.8. The molecule has 2 heterocycles. The Hall–Kier alpha value is -3.23. The monoisotopic (exact) mass is 437 g/mol. The minimum absolute atomic E-state index is 0.114. The lowest BCUT2D eigenvalue weighted by Gasteiger charge is -2.35. The van der Waals surface area contributed by atoms with Crippen LogP contribution in [0.3, 0.4) is 0 Å². The Morgan fingerprint density at radius 1 is 1.03 bits per heavy atom. The van der Waals surface area contributed by atoms with Gasteiger partial charge in [0.15, 0.2) is 5.54 Å². The first-order valence-corrected chi connectivity index (χ1v) is 11.0. The minimum atomic E-state index is -1.38. The lowest BCUT2D eigenvalue weighted by atomic mass is 9.82. The quantitative estimate of drug-likeness (QED) is 0.536. The second-order valence-electron chi connectivity index (χ2n) is 8.31. The van der Waals surface area contributed by atoms with Crippen molar-refractivity contribution in [3.8, 4) is 0 Å². The van der Waals surface area contributed by atoms with Gasteiger partial charge in [-0.05, 0) is 18.1 Å². The van der Waals surface area contributed by atoms with E-state index in [4.69, 9.17) is 5.11 Å². The zero-order valence-electron chi connectivity index (χ0n) is 18.2. The Bertz CT molecular complexity index is 935. The van der Waals surface area contributed by atoms with Crippen molar-refractivity contribution >= 4 is 17.8 Å². The molecule has 2 aromatic carbocycles. The number of carbonyl (C=O) groups excluding carboxylic acids is 3. The van der Waals surface area contributed by atoms with E-state index < -0.39 is 23.5 Å². The van der Waals surface area contributed by atoms with Gasteiger partial charge in [0.05, 0.1) is 32.8 Å². The van der Waals surface area contributed by atoms with Crippen LogP contribution in [0, 0.1) is 0 Å². The van der Waals surface area contributed by atoms with Gasteiger partial charge in [0.25, 0.3) is 5.91 Å². The molecule has 2 saturated heterocycles. The molecular weight excluding hydrogens is 408 g/mol. The highest BCUT2D eigenvalue weighted by Gasteiger charge is 2.56. The molecule has 2 aromatic rings. The van der Waals surface area contributed by atoms with E-state index in [0.29, 0.717) is 30.8 Å². The van der Waals surface area contributed by atoms with Crippen molar-refractivity contribution in [1.82, 2.24) is 15.1 Å². The van der Waals surface area contributed by atoms with Gasteiger partial charge in [0.2, 0.25) is 5.91 Å². The highest BCUT2D eigenvalue weighted by molar-refractivity contribution is 6.12. The third-order valence-electron chi connectivity index (χ3n) is 6.46. The number of nitrogens with zero attached hydrogens (tertiary/aromatic N) is 2. The lowest BCUT2D eigenvalue weighted by Crippen LogP contribution is -3.15. The Balaban J connectivity index is 1.62. The van der Waals surface area contributed by atoms with Crippen LogP contribution in [-0.4, -0.2) is 78.1 Å². The van der Waals surface area contributed by atoms with Gasteiger partial charge in [-0.25, -0.2) is 9.69 Å². The van der Waals surface area contributed by atoms with E-state index in [9.17, 15) is 14.4 Å². The van der Waals surface area contributed by atoms with Crippen LogP contribution in [-0.2, 0) is 15.1 Å². The molecule has 32 heavy (non-hydrogen) atoms. The van der Waals surface area contributed by atoms with Crippen LogP contribution in [0.4, 0.5) is 4.79 Å². The molecule has 168 valence electrons. The number of hydrogen-bond donors (Lipinski definition) is 3. The fourth-order valence-corrected chi connectivity index (χ4v) is 4.66. The Labute approximate surface area is 187 Å². The van der Waals surface area contributed by atoms with Crippen LogP contribution in [0.25, 0.3) is 0 Å². The third kappa shape index (κ3) is 3.76. The molecule has 0 unspecified atom stereocenters. The molecule has 2 aliphatic rings. The van der Waals surface area contributed by atoms with Crippen molar-refractivity contribution in [3.63, 3.8) is 0 Å². The molecule has 0 saturated carbocycles. The molecule has 0 aliphatic carbocycles. The summed E-state index contributed by atoms with van der Waals surface area (Å²) in [7, 11) is 0. The van der Waals surface area contributed by atoms with Gasteiger partial charge in [0.1, 0.15) is 12.6 Å². The van der Waals surface area contributed by atoms with Crippen molar-refractivity contribution in [2.75, 3.05) is 39.3 Å². The van der Waals surface area contributed by atoms with Gasteiger partial charge in [-0.1, -0.05) is 60.7 Å². The van der Waals surface area contributed by atoms with E-state index in [1.807, 2.05) is 60.7 Å². The first-order valence-electron chi connectivity index (χ1n) is 11.0. The van der Waals surface area contributed by atoms with E-state index in [1.54, 1.807) is 11.8 Å². The molecule has 0 bridgehead atoms. The number of amides is 4. The number of hydrogen-bond acceptors (Lipinski definition) is 4. The molecule has 8 heteroatoms. The van der Waals surface area contributed by atoms with Crippen molar-refractivity contribution < 1.29 is 24.4 Å². The van der Waals surface area contributed by atoms with Crippen molar-refractivity contribution in [2.24, 2.45) is 0 Å². The maximum absolute atomic E-state index is 13.8. The van der Waals surface area contributed by atoms with Crippen molar-refractivity contribution in [3.05, 3.63) is 71.8 Å². The minimum Gasteiger partial charge on any atom is -0.391 e. The highest BCUT2D eigenvalue weighted by Crippen LogP contribution is 2.36. The van der Waals surface area contributed by atoms with Crippen LogP contribution >= 0.6 is 0 Å². The number of piperazine rings is 1. The summed E-state index contributed by atoms with van der Waals surface area (Å²) in [6.07, 6.45) is 0. The molecular formula is C24H29N4O4+. The van der Waals surface area contributed by atoms with Gasteiger partial charge in [0, 0.05) is 0 Å². The van der Waals surface area contributed by atoms with Crippen molar-refractivity contribution in [1.29, 1.82) is 0 Å². The number of imide groups is 1. The van der Waals surface area contributed by atoms with Crippen molar-refractivity contribution in [2.45, 2.75) is 18.5 Å². The fraction of sp³-hybridized carbons (Fsp3) is 0.375. The molecule has 2 fully saturated rings.